The van der Waals surface area contributed by atoms with Gasteiger partial charge in [0.05, 0.1) is 16.2 Å². The lowest BCUT2D eigenvalue weighted by Crippen LogP contribution is -1.86. The molecule has 3 rings (SSSR count). The zero-order chi connectivity index (χ0) is 13.4. The van der Waals surface area contributed by atoms with Crippen LogP contribution in [0.1, 0.15) is 0 Å². The van der Waals surface area contributed by atoms with Crippen molar-refractivity contribution in [3.8, 4) is 23.0 Å². The van der Waals surface area contributed by atoms with Crippen molar-refractivity contribution in [2.75, 3.05) is 7.11 Å². The molecular formula is C13H10IN3O2. The second kappa shape index (κ2) is 4.69. The van der Waals surface area contributed by atoms with E-state index in [1.807, 2.05) is 18.2 Å². The van der Waals surface area contributed by atoms with Crippen molar-refractivity contribution in [2.24, 2.45) is 0 Å². The molecular weight excluding hydrogens is 357 g/mol. The van der Waals surface area contributed by atoms with Crippen molar-refractivity contribution in [3.63, 3.8) is 0 Å². The van der Waals surface area contributed by atoms with Gasteiger partial charge >= 0.3 is 0 Å². The lowest BCUT2D eigenvalue weighted by Gasteiger charge is -1.99. The van der Waals surface area contributed by atoms with Crippen LogP contribution in [0.5, 0.6) is 11.6 Å². The van der Waals surface area contributed by atoms with Crippen LogP contribution < -0.4 is 4.74 Å². The van der Waals surface area contributed by atoms with Crippen LogP contribution >= 0.6 is 22.6 Å². The molecule has 2 heterocycles. The first-order chi connectivity index (χ1) is 9.17. The average molecular weight is 367 g/mol. The minimum Gasteiger partial charge on any atom is -0.507 e. The summed E-state index contributed by atoms with van der Waals surface area (Å²) in [5.74, 6) is 1.43. The zero-order valence-electron chi connectivity index (χ0n) is 10.0. The largest absolute Gasteiger partial charge is 0.507 e. The first-order valence-corrected chi connectivity index (χ1v) is 6.65. The number of fused-ring (bicyclic) bond motifs is 1. The van der Waals surface area contributed by atoms with Crippen LogP contribution in [0.25, 0.3) is 22.6 Å². The Kier molecular flexibility index (Phi) is 3.02. The SMILES string of the molecule is COc1ccc2[nH]c(-c3ccc(I)c(O)c3)nc2n1. The number of halogens is 1. The standard InChI is InChI=1S/C13H10IN3O2/c1-19-11-5-4-9-13(16-11)17-12(15-9)7-2-3-8(14)10(18)6-7/h2-6,18H,1H3,(H,15,16,17). The summed E-state index contributed by atoms with van der Waals surface area (Å²) in [6.07, 6.45) is 0. The summed E-state index contributed by atoms with van der Waals surface area (Å²) in [4.78, 5) is 11.8. The van der Waals surface area contributed by atoms with Gasteiger partial charge in [-0.05, 0) is 46.9 Å². The lowest BCUT2D eigenvalue weighted by molar-refractivity contribution is 0.399. The number of phenolic OH excluding ortho intramolecular Hbond substituents is 1. The molecule has 19 heavy (non-hydrogen) atoms. The van der Waals surface area contributed by atoms with Crippen molar-refractivity contribution >= 4 is 33.8 Å². The van der Waals surface area contributed by atoms with Gasteiger partial charge in [-0.1, -0.05) is 0 Å². The molecule has 2 N–H and O–H groups in total. The van der Waals surface area contributed by atoms with E-state index in [0.717, 1.165) is 14.7 Å². The number of H-pyrrole nitrogens is 1. The van der Waals surface area contributed by atoms with E-state index in [0.29, 0.717) is 17.4 Å². The smallest absolute Gasteiger partial charge is 0.215 e. The van der Waals surface area contributed by atoms with E-state index in [4.69, 9.17) is 4.74 Å². The Hall–Kier alpha value is -1.83. The van der Waals surface area contributed by atoms with Gasteiger partial charge in [-0.2, -0.15) is 4.98 Å². The van der Waals surface area contributed by atoms with Gasteiger partial charge in [0.1, 0.15) is 11.6 Å². The predicted octanol–water partition coefficient (Wildman–Crippen LogP) is 2.94. The third-order valence-corrected chi connectivity index (χ3v) is 3.66. The van der Waals surface area contributed by atoms with E-state index in [1.165, 1.54) is 0 Å². The van der Waals surface area contributed by atoms with Gasteiger partial charge in [-0.25, -0.2) is 4.98 Å². The Morgan fingerprint density at radius 1 is 1.21 bits per heavy atom. The highest BCUT2D eigenvalue weighted by Gasteiger charge is 2.09. The maximum atomic E-state index is 9.73. The highest BCUT2D eigenvalue weighted by Crippen LogP contribution is 2.27. The molecule has 0 bridgehead atoms. The van der Waals surface area contributed by atoms with Crippen LogP contribution in [0.4, 0.5) is 0 Å². The Labute approximate surface area is 122 Å². The normalized spacial score (nSPS) is 10.8. The Bertz CT molecular complexity index is 755. The second-order valence-corrected chi connectivity index (χ2v) is 5.14. The third kappa shape index (κ3) is 2.23. The molecule has 0 unspecified atom stereocenters. The summed E-state index contributed by atoms with van der Waals surface area (Å²) in [7, 11) is 1.57. The number of nitrogens with one attached hydrogen (secondary N) is 1. The van der Waals surface area contributed by atoms with Crippen molar-refractivity contribution < 1.29 is 9.84 Å². The highest BCUT2D eigenvalue weighted by atomic mass is 127. The molecule has 1 aromatic carbocycles. The first-order valence-electron chi connectivity index (χ1n) is 5.57. The van der Waals surface area contributed by atoms with Gasteiger partial charge in [0.15, 0.2) is 5.65 Å². The number of phenols is 1. The van der Waals surface area contributed by atoms with E-state index in [1.54, 1.807) is 19.2 Å². The van der Waals surface area contributed by atoms with Gasteiger partial charge < -0.3 is 14.8 Å². The van der Waals surface area contributed by atoms with Crippen molar-refractivity contribution in [3.05, 3.63) is 33.9 Å². The van der Waals surface area contributed by atoms with E-state index in [-0.39, 0.29) is 5.75 Å². The third-order valence-electron chi connectivity index (χ3n) is 2.75. The predicted molar refractivity (Wildman–Crippen MR) is 80.3 cm³/mol. The maximum absolute atomic E-state index is 9.73. The molecule has 96 valence electrons. The summed E-state index contributed by atoms with van der Waals surface area (Å²) in [5, 5.41) is 9.73. The lowest BCUT2D eigenvalue weighted by atomic mass is 10.2. The summed E-state index contributed by atoms with van der Waals surface area (Å²) in [6.45, 7) is 0. The molecule has 0 radical (unpaired) electrons. The van der Waals surface area contributed by atoms with E-state index in [9.17, 15) is 5.11 Å². The number of aromatic nitrogens is 3. The van der Waals surface area contributed by atoms with Crippen LogP contribution in [-0.4, -0.2) is 27.2 Å². The molecule has 0 aliphatic rings. The van der Waals surface area contributed by atoms with Crippen molar-refractivity contribution in [1.82, 2.24) is 15.0 Å². The number of hydrogen-bond acceptors (Lipinski definition) is 4. The second-order valence-electron chi connectivity index (χ2n) is 3.98. The first kappa shape index (κ1) is 12.2. The zero-order valence-corrected chi connectivity index (χ0v) is 12.2. The number of methoxy groups -OCH3 is 1. The summed E-state index contributed by atoms with van der Waals surface area (Å²) in [5.41, 5.74) is 2.23. The molecule has 0 atom stereocenters. The Morgan fingerprint density at radius 3 is 2.79 bits per heavy atom. The molecule has 0 fully saturated rings. The van der Waals surface area contributed by atoms with Gasteiger partial charge in [-0.15, -0.1) is 0 Å². The fourth-order valence-electron chi connectivity index (χ4n) is 1.79. The molecule has 0 aliphatic heterocycles. The van der Waals surface area contributed by atoms with Crippen molar-refractivity contribution in [1.29, 1.82) is 0 Å². The fourth-order valence-corrected chi connectivity index (χ4v) is 2.12. The van der Waals surface area contributed by atoms with Crippen LogP contribution in [0.2, 0.25) is 0 Å². The Morgan fingerprint density at radius 2 is 2.05 bits per heavy atom. The maximum Gasteiger partial charge on any atom is 0.215 e. The topological polar surface area (TPSA) is 71.0 Å². The van der Waals surface area contributed by atoms with Gasteiger partial charge in [-0.3, -0.25) is 0 Å². The number of hydrogen-bond donors (Lipinski definition) is 2. The van der Waals surface area contributed by atoms with Crippen molar-refractivity contribution in [2.45, 2.75) is 0 Å². The van der Waals surface area contributed by atoms with E-state index >= 15 is 0 Å². The highest BCUT2D eigenvalue weighted by molar-refractivity contribution is 14.1. The van der Waals surface area contributed by atoms with Gasteiger partial charge in [0.25, 0.3) is 0 Å². The molecule has 6 heteroatoms. The summed E-state index contributed by atoms with van der Waals surface area (Å²) in [6, 6.07) is 9.06. The number of ether oxygens (including phenoxy) is 1. The minimum atomic E-state index is 0.240. The molecule has 0 saturated heterocycles. The molecule has 0 saturated carbocycles. The summed E-state index contributed by atoms with van der Waals surface area (Å²) < 4.78 is 5.87. The number of aromatic hydroxyl groups is 1. The molecule has 3 aromatic rings. The van der Waals surface area contributed by atoms with Gasteiger partial charge in [0, 0.05) is 11.6 Å². The van der Waals surface area contributed by atoms with Crippen LogP contribution in [0.3, 0.4) is 0 Å². The molecule has 0 spiro atoms. The number of pyridine rings is 1. The van der Waals surface area contributed by atoms with Gasteiger partial charge in [0.2, 0.25) is 5.88 Å². The number of benzene rings is 1. The molecule has 0 amide bonds. The molecule has 0 aliphatic carbocycles. The Balaban J connectivity index is 2.11. The van der Waals surface area contributed by atoms with Crippen LogP contribution in [-0.2, 0) is 0 Å². The molecule has 5 nitrogen and oxygen atoms in total. The van der Waals surface area contributed by atoms with E-state index in [2.05, 4.69) is 37.5 Å². The molecule has 2 aromatic heterocycles. The van der Waals surface area contributed by atoms with E-state index < -0.39 is 0 Å². The summed E-state index contributed by atoms with van der Waals surface area (Å²) >= 11 is 2.07. The quantitative estimate of drug-likeness (QED) is 0.684. The number of aromatic amines is 1. The van der Waals surface area contributed by atoms with Crippen LogP contribution in [0.15, 0.2) is 30.3 Å². The average Bonchev–Trinajstić information content (AvgIpc) is 2.84. The number of nitrogens with zero attached hydrogens (tertiary/aromatic N) is 2. The fraction of sp³-hybridized carbons (Fsp3) is 0.0769. The minimum absolute atomic E-state index is 0.240. The monoisotopic (exact) mass is 367 g/mol. The van der Waals surface area contributed by atoms with Crippen LogP contribution in [0, 0.1) is 3.57 Å². The number of imidazole rings is 1. The number of rotatable bonds is 2.